The van der Waals surface area contributed by atoms with Crippen molar-refractivity contribution >= 4 is 11.8 Å². The van der Waals surface area contributed by atoms with Gasteiger partial charge in [-0.2, -0.15) is 0 Å². The molecule has 190 valence electrons. The molecule has 11 atom stereocenters. The zero-order valence-electron chi connectivity index (χ0n) is 22.4. The summed E-state index contributed by atoms with van der Waals surface area (Å²) >= 11 is 0. The summed E-state index contributed by atoms with van der Waals surface area (Å²) in [4.78, 5) is 26.7. The predicted molar refractivity (Wildman–Crippen MR) is 133 cm³/mol. The van der Waals surface area contributed by atoms with Gasteiger partial charge in [-0.3, -0.25) is 9.59 Å². The first-order chi connectivity index (χ1) is 15.7. The van der Waals surface area contributed by atoms with E-state index in [-0.39, 0.29) is 33.9 Å². The van der Waals surface area contributed by atoms with Gasteiger partial charge in [0, 0.05) is 5.92 Å². The van der Waals surface area contributed by atoms with E-state index in [2.05, 4.69) is 47.6 Å². The molecule has 5 aliphatic carbocycles. The number of aliphatic carboxylic acids is 1. The largest absolute Gasteiger partial charge is 0.481 e. The van der Waals surface area contributed by atoms with E-state index < -0.39 is 22.9 Å². The van der Waals surface area contributed by atoms with Crippen molar-refractivity contribution in [2.45, 2.75) is 106 Å². The van der Waals surface area contributed by atoms with Gasteiger partial charge in [0.15, 0.2) is 5.78 Å². The lowest BCUT2D eigenvalue weighted by Crippen LogP contribution is -2.68. The number of hydrogen-bond donors (Lipinski definition) is 2. The lowest BCUT2D eigenvalue weighted by molar-refractivity contribution is -0.215. The molecular weight excluding hydrogens is 424 g/mol. The van der Waals surface area contributed by atoms with Gasteiger partial charge in [-0.25, -0.2) is 0 Å². The van der Waals surface area contributed by atoms with Gasteiger partial charge >= 0.3 is 5.97 Å². The van der Waals surface area contributed by atoms with Crippen LogP contribution in [0.5, 0.6) is 0 Å². The van der Waals surface area contributed by atoms with Crippen molar-refractivity contribution in [1.82, 2.24) is 0 Å². The molecule has 0 amide bonds. The van der Waals surface area contributed by atoms with E-state index in [1.165, 1.54) is 24.8 Å². The zero-order valence-corrected chi connectivity index (χ0v) is 22.4. The van der Waals surface area contributed by atoms with Crippen LogP contribution in [0.25, 0.3) is 0 Å². The first-order valence-electron chi connectivity index (χ1n) is 13.8. The van der Waals surface area contributed by atoms with Crippen molar-refractivity contribution < 1.29 is 19.8 Å². The third-order valence-corrected chi connectivity index (χ3v) is 13.2. The molecule has 34 heavy (non-hydrogen) atoms. The summed E-state index contributed by atoms with van der Waals surface area (Å²) in [5.41, 5.74) is -0.124. The molecule has 0 saturated heterocycles. The van der Waals surface area contributed by atoms with Crippen molar-refractivity contribution in [3.8, 4) is 0 Å². The van der Waals surface area contributed by atoms with Crippen LogP contribution in [0.3, 0.4) is 0 Å². The van der Waals surface area contributed by atoms with Crippen LogP contribution in [-0.4, -0.2) is 28.1 Å². The molecule has 5 aliphatic rings. The molecule has 0 aromatic heterocycles. The van der Waals surface area contributed by atoms with Gasteiger partial charge in [-0.1, -0.05) is 47.1 Å². The fourth-order valence-corrected chi connectivity index (χ4v) is 10.7. The van der Waals surface area contributed by atoms with E-state index in [0.29, 0.717) is 24.2 Å². The van der Waals surface area contributed by atoms with Crippen LogP contribution < -0.4 is 0 Å². The number of aliphatic hydroxyl groups is 1. The van der Waals surface area contributed by atoms with E-state index >= 15 is 0 Å². The Morgan fingerprint density at radius 3 is 2.26 bits per heavy atom. The van der Waals surface area contributed by atoms with E-state index in [1.807, 2.05) is 0 Å². The van der Waals surface area contributed by atoms with Crippen LogP contribution >= 0.6 is 0 Å². The highest BCUT2D eigenvalue weighted by Crippen LogP contribution is 2.75. The first-order valence-corrected chi connectivity index (χ1v) is 13.8. The maximum absolute atomic E-state index is 14.2. The number of aliphatic hydroxyl groups excluding tert-OH is 1. The molecule has 5 rings (SSSR count). The molecule has 4 saturated carbocycles. The summed E-state index contributed by atoms with van der Waals surface area (Å²) in [5.74, 6) is 0.656. The number of allylic oxidation sites excluding steroid dienone is 2. The van der Waals surface area contributed by atoms with Crippen LogP contribution in [0, 0.1) is 56.7 Å². The molecule has 0 spiro atoms. The fourth-order valence-electron chi connectivity index (χ4n) is 10.7. The summed E-state index contributed by atoms with van der Waals surface area (Å²) in [6.07, 6.45) is 8.89. The second-order valence-electron chi connectivity index (χ2n) is 14.4. The highest BCUT2D eigenvalue weighted by atomic mass is 16.4. The summed E-state index contributed by atoms with van der Waals surface area (Å²) in [5, 5.41) is 21.1. The average Bonchev–Trinajstić information content (AvgIpc) is 2.75. The zero-order chi connectivity index (χ0) is 25.1. The molecule has 0 aromatic rings. The lowest BCUT2D eigenvalue weighted by atomic mass is 9.33. The number of hydrogen-bond acceptors (Lipinski definition) is 3. The third kappa shape index (κ3) is 2.70. The number of carbonyl (C=O) groups excluding carboxylic acids is 1. The molecule has 2 N–H and O–H groups in total. The van der Waals surface area contributed by atoms with Crippen molar-refractivity contribution in [2.24, 2.45) is 56.7 Å². The van der Waals surface area contributed by atoms with Crippen molar-refractivity contribution in [2.75, 3.05) is 0 Å². The van der Waals surface area contributed by atoms with Gasteiger partial charge in [0.2, 0.25) is 0 Å². The molecule has 4 fully saturated rings. The number of rotatable bonds is 1. The van der Waals surface area contributed by atoms with Gasteiger partial charge in [-0.15, -0.1) is 0 Å². The molecule has 0 aliphatic heterocycles. The lowest BCUT2D eigenvalue weighted by Gasteiger charge is -2.70. The van der Waals surface area contributed by atoms with Crippen molar-refractivity contribution in [3.05, 3.63) is 11.6 Å². The Morgan fingerprint density at radius 1 is 0.941 bits per heavy atom. The van der Waals surface area contributed by atoms with Gasteiger partial charge < -0.3 is 10.2 Å². The number of carboxylic acid groups (broad SMARTS) is 1. The number of carboxylic acids is 1. The second-order valence-corrected chi connectivity index (χ2v) is 14.4. The molecule has 0 aromatic carbocycles. The maximum Gasteiger partial charge on any atom is 0.312 e. The number of fused-ring (bicyclic) bond motifs is 7. The number of ketones is 1. The van der Waals surface area contributed by atoms with Crippen molar-refractivity contribution in [3.63, 3.8) is 0 Å². The maximum atomic E-state index is 14.2. The van der Waals surface area contributed by atoms with Crippen LogP contribution in [0.4, 0.5) is 0 Å². The fraction of sp³-hybridized carbons (Fsp3) is 0.867. The van der Waals surface area contributed by atoms with Gasteiger partial charge in [-0.05, 0) is 110 Å². The molecule has 4 heteroatoms. The molecule has 0 radical (unpaired) electrons. The predicted octanol–water partition coefficient (Wildman–Crippen LogP) is 6.27. The highest BCUT2D eigenvalue weighted by molar-refractivity contribution is 5.96. The third-order valence-electron chi connectivity index (χ3n) is 13.2. The Labute approximate surface area is 206 Å². The summed E-state index contributed by atoms with van der Waals surface area (Å²) in [6.45, 7) is 16.0. The molecule has 0 unspecified atom stereocenters. The Morgan fingerprint density at radius 2 is 1.62 bits per heavy atom. The highest BCUT2D eigenvalue weighted by Gasteiger charge is 2.71. The van der Waals surface area contributed by atoms with Gasteiger partial charge in [0.05, 0.1) is 11.5 Å². The van der Waals surface area contributed by atoms with Crippen molar-refractivity contribution in [1.29, 1.82) is 0 Å². The van der Waals surface area contributed by atoms with Crippen LogP contribution in [-0.2, 0) is 9.59 Å². The van der Waals surface area contributed by atoms with E-state index in [9.17, 15) is 19.8 Å². The van der Waals surface area contributed by atoms with E-state index in [1.54, 1.807) is 6.92 Å². The SMILES string of the molecule is C[C@@H]1[C@@H](C)CC[C@@]2(C)CC[C@@]3(C)C(=CC(=O)[C@H]4[C@]5(C)CC[C@H](O)[C@@](C)(C(=O)O)[C@H]5CC[C@@]43C)[C@@H]12. The Bertz CT molecular complexity index is 953. The molecule has 0 bridgehead atoms. The molecule has 0 heterocycles. The smallest absolute Gasteiger partial charge is 0.312 e. The van der Waals surface area contributed by atoms with Crippen LogP contribution in [0.15, 0.2) is 11.6 Å². The topological polar surface area (TPSA) is 74.6 Å². The monoisotopic (exact) mass is 470 g/mol. The van der Waals surface area contributed by atoms with E-state index in [0.717, 1.165) is 25.7 Å². The standard InChI is InChI=1S/C30H46O4/c1-17-8-11-26(3)14-15-28(5)19(23(26)18(17)2)16-20(31)24-27(4)12-10-22(32)30(7,25(33)34)21(27)9-13-29(24,28)6/h16-18,21-24,32H,8-15H2,1-7H3,(H,33,34)/t17-,18+,21-,22-,23+,24-,26-,27+,28-,29-,30-/m0/s1. The van der Waals surface area contributed by atoms with Gasteiger partial charge in [0.1, 0.15) is 0 Å². The Balaban J connectivity index is 1.65. The van der Waals surface area contributed by atoms with E-state index in [4.69, 9.17) is 0 Å². The van der Waals surface area contributed by atoms with Gasteiger partial charge in [0.25, 0.3) is 0 Å². The normalized spacial score (nSPS) is 56.9. The minimum atomic E-state index is -1.20. The molecular formula is C30H46O4. The Hall–Kier alpha value is -1.16. The summed E-state index contributed by atoms with van der Waals surface area (Å²) in [7, 11) is 0. The summed E-state index contributed by atoms with van der Waals surface area (Å²) < 4.78 is 0. The minimum Gasteiger partial charge on any atom is -0.481 e. The average molecular weight is 471 g/mol. The molecule has 4 nitrogen and oxygen atoms in total. The minimum absolute atomic E-state index is 0.0370. The number of carbonyl (C=O) groups is 2. The summed E-state index contributed by atoms with van der Waals surface area (Å²) in [6, 6.07) is 0. The first kappa shape index (κ1) is 24.5. The van der Waals surface area contributed by atoms with Crippen LogP contribution in [0.2, 0.25) is 0 Å². The quantitative estimate of drug-likeness (QED) is 0.474. The van der Waals surface area contributed by atoms with Crippen LogP contribution in [0.1, 0.15) is 99.8 Å². The Kier molecular flexibility index (Phi) is 5.20. The second kappa shape index (κ2) is 7.20.